The molecule has 0 aromatic heterocycles. The van der Waals surface area contributed by atoms with Crippen LogP contribution in [0.25, 0.3) is 0 Å². The minimum Gasteiger partial charge on any atom is -0.353 e. The second kappa shape index (κ2) is 8.98. The van der Waals surface area contributed by atoms with E-state index in [1.54, 1.807) is 0 Å². The maximum absolute atomic E-state index is 5.66. The zero-order valence-corrected chi connectivity index (χ0v) is 13.3. The molecule has 1 N–H and O–H groups in total. The molecule has 0 spiro atoms. The fraction of sp³-hybridized carbons (Fsp3) is 1.00. The summed E-state index contributed by atoms with van der Waals surface area (Å²) in [6.45, 7) is 10.3. The van der Waals surface area contributed by atoms with Crippen molar-refractivity contribution in [1.29, 1.82) is 0 Å². The van der Waals surface area contributed by atoms with Crippen LogP contribution in [0.4, 0.5) is 0 Å². The van der Waals surface area contributed by atoms with Gasteiger partial charge in [-0.2, -0.15) is 0 Å². The Kier molecular flexibility index (Phi) is 7.28. The first-order chi connectivity index (χ1) is 9.81. The normalized spacial score (nSPS) is 23.1. The summed E-state index contributed by atoms with van der Waals surface area (Å²) in [4.78, 5) is 2.63. The molecule has 2 aliphatic rings. The van der Waals surface area contributed by atoms with Crippen molar-refractivity contribution in [3.05, 3.63) is 0 Å². The largest absolute Gasteiger partial charge is 0.353 e. The summed E-state index contributed by atoms with van der Waals surface area (Å²) in [5, 5.41) is 3.61. The van der Waals surface area contributed by atoms with Crippen LogP contribution in [0.3, 0.4) is 0 Å². The molecule has 0 amide bonds. The molecule has 0 aromatic carbocycles. The Morgan fingerprint density at radius 3 is 2.40 bits per heavy atom. The number of hydrogen-bond acceptors (Lipinski definition) is 4. The van der Waals surface area contributed by atoms with Crippen molar-refractivity contribution < 1.29 is 9.47 Å². The molecule has 4 heteroatoms. The molecule has 0 bridgehead atoms. The zero-order chi connectivity index (χ0) is 14.2. The van der Waals surface area contributed by atoms with Crippen LogP contribution >= 0.6 is 0 Å². The second-order valence-electron chi connectivity index (χ2n) is 6.13. The lowest BCUT2D eigenvalue weighted by Crippen LogP contribution is -2.40. The maximum atomic E-state index is 5.66. The number of ether oxygens (including phenoxy) is 2. The minimum atomic E-state index is -0.0248. The first kappa shape index (κ1) is 16.2. The van der Waals surface area contributed by atoms with Gasteiger partial charge in [0.1, 0.15) is 0 Å². The molecule has 118 valence electrons. The van der Waals surface area contributed by atoms with E-state index in [2.05, 4.69) is 10.2 Å². The molecule has 2 fully saturated rings. The van der Waals surface area contributed by atoms with Gasteiger partial charge in [0, 0.05) is 45.3 Å². The summed E-state index contributed by atoms with van der Waals surface area (Å²) < 4.78 is 11.3. The van der Waals surface area contributed by atoms with Gasteiger partial charge < -0.3 is 19.7 Å². The van der Waals surface area contributed by atoms with E-state index in [9.17, 15) is 0 Å². The van der Waals surface area contributed by atoms with Crippen LogP contribution in [0.15, 0.2) is 0 Å². The smallest absolute Gasteiger partial charge is 0.158 e. The first-order valence-corrected chi connectivity index (χ1v) is 8.50. The lowest BCUT2D eigenvalue weighted by atomic mass is 10.2. The number of nitrogens with one attached hydrogen (secondary N) is 1. The molecule has 20 heavy (non-hydrogen) atoms. The van der Waals surface area contributed by atoms with Gasteiger partial charge >= 0.3 is 0 Å². The quantitative estimate of drug-likeness (QED) is 0.590. The molecule has 1 aliphatic heterocycles. The third-order valence-electron chi connectivity index (χ3n) is 4.24. The van der Waals surface area contributed by atoms with Gasteiger partial charge in [-0.3, -0.25) is 0 Å². The molecule has 1 saturated heterocycles. The monoisotopic (exact) mass is 284 g/mol. The summed E-state index contributed by atoms with van der Waals surface area (Å²) in [6.07, 6.45) is 6.48. The number of nitrogens with zero attached hydrogens (tertiary/aromatic N) is 1. The molecular formula is C16H32N2O2. The van der Waals surface area contributed by atoms with E-state index >= 15 is 0 Å². The van der Waals surface area contributed by atoms with Gasteiger partial charge in [-0.1, -0.05) is 0 Å². The van der Waals surface area contributed by atoms with Crippen molar-refractivity contribution in [3.63, 3.8) is 0 Å². The molecule has 1 unspecified atom stereocenters. The van der Waals surface area contributed by atoms with Gasteiger partial charge in [0.05, 0.1) is 0 Å². The second-order valence-corrected chi connectivity index (χ2v) is 6.13. The fourth-order valence-corrected chi connectivity index (χ4v) is 3.02. The van der Waals surface area contributed by atoms with Gasteiger partial charge in [-0.25, -0.2) is 0 Å². The van der Waals surface area contributed by atoms with Crippen LogP contribution in [0, 0.1) is 5.92 Å². The maximum Gasteiger partial charge on any atom is 0.158 e. The molecule has 1 aliphatic carbocycles. The van der Waals surface area contributed by atoms with E-state index < -0.39 is 0 Å². The van der Waals surface area contributed by atoms with Crippen LogP contribution < -0.4 is 5.32 Å². The van der Waals surface area contributed by atoms with Crippen molar-refractivity contribution in [2.24, 2.45) is 5.92 Å². The van der Waals surface area contributed by atoms with E-state index in [-0.39, 0.29) is 6.29 Å². The Morgan fingerprint density at radius 2 is 1.85 bits per heavy atom. The van der Waals surface area contributed by atoms with E-state index in [0.717, 1.165) is 32.1 Å². The average molecular weight is 284 g/mol. The molecule has 1 atom stereocenters. The van der Waals surface area contributed by atoms with Gasteiger partial charge in [-0.05, 0) is 52.0 Å². The SMILES string of the molecule is CCOC(CCN(CC1CC1)CC1CCCN1)OCC. The fourth-order valence-electron chi connectivity index (χ4n) is 3.02. The van der Waals surface area contributed by atoms with Gasteiger partial charge in [0.15, 0.2) is 6.29 Å². The molecular weight excluding hydrogens is 252 g/mol. The highest BCUT2D eigenvalue weighted by molar-refractivity contribution is 4.82. The third kappa shape index (κ3) is 6.08. The highest BCUT2D eigenvalue weighted by atomic mass is 16.7. The minimum absolute atomic E-state index is 0.0248. The predicted octanol–water partition coefficient (Wildman–Crippen LogP) is 2.24. The number of rotatable bonds is 11. The van der Waals surface area contributed by atoms with Crippen molar-refractivity contribution in [1.82, 2.24) is 10.2 Å². The van der Waals surface area contributed by atoms with Crippen LogP contribution in [-0.4, -0.2) is 56.6 Å². The first-order valence-electron chi connectivity index (χ1n) is 8.50. The van der Waals surface area contributed by atoms with Gasteiger partial charge in [0.2, 0.25) is 0 Å². The lowest BCUT2D eigenvalue weighted by molar-refractivity contribution is -0.141. The highest BCUT2D eigenvalue weighted by Gasteiger charge is 2.26. The Labute approximate surface area is 124 Å². The summed E-state index contributed by atoms with van der Waals surface area (Å²) in [5.74, 6) is 0.953. The Balaban J connectivity index is 1.72. The van der Waals surface area contributed by atoms with Crippen LogP contribution in [0.2, 0.25) is 0 Å². The summed E-state index contributed by atoms with van der Waals surface area (Å²) in [5.41, 5.74) is 0. The topological polar surface area (TPSA) is 33.7 Å². The van der Waals surface area contributed by atoms with E-state index in [1.807, 2.05) is 13.8 Å². The lowest BCUT2D eigenvalue weighted by Gasteiger charge is -2.27. The molecule has 0 aromatic rings. The standard InChI is InChI=1S/C16H32N2O2/c1-3-19-16(20-4-2)9-11-18(12-14-7-8-14)13-15-6-5-10-17-15/h14-17H,3-13H2,1-2H3. The van der Waals surface area contributed by atoms with Crippen molar-refractivity contribution in [2.75, 3.05) is 39.4 Å². The predicted molar refractivity (Wildman–Crippen MR) is 81.8 cm³/mol. The molecule has 1 heterocycles. The summed E-state index contributed by atoms with van der Waals surface area (Å²) >= 11 is 0. The molecule has 2 rings (SSSR count). The van der Waals surface area contributed by atoms with Crippen molar-refractivity contribution in [3.8, 4) is 0 Å². The van der Waals surface area contributed by atoms with Crippen LogP contribution in [0.1, 0.15) is 46.0 Å². The summed E-state index contributed by atoms with van der Waals surface area (Å²) in [7, 11) is 0. The number of hydrogen-bond donors (Lipinski definition) is 1. The zero-order valence-electron chi connectivity index (χ0n) is 13.3. The van der Waals surface area contributed by atoms with E-state index in [4.69, 9.17) is 9.47 Å². The van der Waals surface area contributed by atoms with E-state index in [0.29, 0.717) is 6.04 Å². The van der Waals surface area contributed by atoms with Gasteiger partial charge in [-0.15, -0.1) is 0 Å². The molecule has 1 saturated carbocycles. The average Bonchev–Trinajstić information content (AvgIpc) is 3.10. The Bertz CT molecular complexity index is 247. The van der Waals surface area contributed by atoms with Crippen molar-refractivity contribution in [2.45, 2.75) is 58.3 Å². The molecule has 4 nitrogen and oxygen atoms in total. The van der Waals surface area contributed by atoms with Gasteiger partial charge in [0.25, 0.3) is 0 Å². The third-order valence-corrected chi connectivity index (χ3v) is 4.24. The Morgan fingerprint density at radius 1 is 1.10 bits per heavy atom. The van der Waals surface area contributed by atoms with Crippen LogP contribution in [-0.2, 0) is 9.47 Å². The van der Waals surface area contributed by atoms with Crippen molar-refractivity contribution >= 4 is 0 Å². The van der Waals surface area contributed by atoms with E-state index in [1.165, 1.54) is 45.3 Å². The van der Waals surface area contributed by atoms with Crippen LogP contribution in [0.5, 0.6) is 0 Å². The molecule has 0 radical (unpaired) electrons. The highest BCUT2D eigenvalue weighted by Crippen LogP contribution is 2.30. The Hall–Kier alpha value is -0.160. The summed E-state index contributed by atoms with van der Waals surface area (Å²) in [6, 6.07) is 0.700.